The highest BCUT2D eigenvalue weighted by Crippen LogP contribution is 1.90. The summed E-state index contributed by atoms with van der Waals surface area (Å²) in [7, 11) is 3.79. The Morgan fingerprint density at radius 3 is 2.40 bits per heavy atom. The van der Waals surface area contributed by atoms with Gasteiger partial charge in [-0.2, -0.15) is 0 Å². The molecule has 7 nitrogen and oxygen atoms in total. The molecule has 1 N–H and O–H groups in total. The molecular formula is C7H14ClN3O4. The Morgan fingerprint density at radius 2 is 1.93 bits per heavy atom. The highest BCUT2D eigenvalue weighted by Gasteiger charge is 2.00. The lowest BCUT2D eigenvalue weighted by atomic mass is 10.4. The molecule has 0 aromatic carbocycles. The van der Waals surface area contributed by atoms with Crippen molar-refractivity contribution < 1.29 is 19.4 Å². The third-order valence-corrected chi connectivity index (χ3v) is 1.19. The van der Waals surface area contributed by atoms with Crippen LogP contribution in [0.1, 0.15) is 6.42 Å². The summed E-state index contributed by atoms with van der Waals surface area (Å²) in [5.74, 6) is 0. The number of ether oxygens (including phenoxy) is 1. The monoisotopic (exact) mass is 239 g/mol. The Bertz CT molecular complexity index is 232. The molecule has 0 atom stereocenters. The van der Waals surface area contributed by atoms with Gasteiger partial charge in [0.05, 0.1) is 6.61 Å². The SMILES string of the molecule is CN(C)CCCOC(=O)N=NC(=O)O.Cl. The lowest BCUT2D eigenvalue weighted by Gasteiger charge is -2.07. The van der Waals surface area contributed by atoms with E-state index in [1.54, 1.807) is 0 Å². The van der Waals surface area contributed by atoms with Gasteiger partial charge in [0.15, 0.2) is 0 Å². The molecule has 0 fully saturated rings. The number of nitrogens with zero attached hydrogens (tertiary/aromatic N) is 3. The van der Waals surface area contributed by atoms with Crippen LogP contribution in [0.4, 0.5) is 9.59 Å². The predicted molar refractivity (Wildman–Crippen MR) is 54.6 cm³/mol. The van der Waals surface area contributed by atoms with Gasteiger partial charge in [0.25, 0.3) is 0 Å². The van der Waals surface area contributed by atoms with Gasteiger partial charge >= 0.3 is 12.2 Å². The molecule has 0 rings (SSSR count). The summed E-state index contributed by atoms with van der Waals surface area (Å²) in [6.45, 7) is 0.985. The van der Waals surface area contributed by atoms with E-state index in [-0.39, 0.29) is 19.0 Å². The molecule has 8 heteroatoms. The number of carbonyl (C=O) groups is 2. The summed E-state index contributed by atoms with van der Waals surface area (Å²) in [6, 6.07) is 0. The van der Waals surface area contributed by atoms with E-state index in [4.69, 9.17) is 5.11 Å². The predicted octanol–water partition coefficient (Wildman–Crippen LogP) is 1.63. The summed E-state index contributed by atoms with van der Waals surface area (Å²) >= 11 is 0. The summed E-state index contributed by atoms with van der Waals surface area (Å²) in [5, 5.41) is 13.4. The number of azo groups is 1. The van der Waals surface area contributed by atoms with Gasteiger partial charge in [-0.3, -0.25) is 0 Å². The van der Waals surface area contributed by atoms with Gasteiger partial charge in [0.2, 0.25) is 0 Å². The standard InChI is InChI=1S/C7H13N3O4.ClH/c1-10(2)4-3-5-14-7(13)9-8-6(11)12;/h3-5H2,1-2H3,(H,11,12);1H. The summed E-state index contributed by atoms with van der Waals surface area (Å²) < 4.78 is 4.55. The highest BCUT2D eigenvalue weighted by molar-refractivity contribution is 5.85. The second-order valence-corrected chi connectivity index (χ2v) is 2.75. The molecule has 0 bridgehead atoms. The van der Waals surface area contributed by atoms with E-state index in [0.717, 1.165) is 6.54 Å². The zero-order chi connectivity index (χ0) is 11.0. The molecule has 0 spiro atoms. The van der Waals surface area contributed by atoms with Crippen LogP contribution >= 0.6 is 12.4 Å². The number of halogens is 1. The van der Waals surface area contributed by atoms with Crippen LogP contribution in [-0.4, -0.2) is 49.4 Å². The van der Waals surface area contributed by atoms with E-state index in [1.165, 1.54) is 0 Å². The molecule has 0 aliphatic heterocycles. The first-order chi connectivity index (χ1) is 6.52. The maximum Gasteiger partial charge on any atom is 0.452 e. The topological polar surface area (TPSA) is 91.6 Å². The van der Waals surface area contributed by atoms with Crippen molar-refractivity contribution in [2.45, 2.75) is 6.42 Å². The van der Waals surface area contributed by atoms with E-state index < -0.39 is 12.2 Å². The largest absolute Gasteiger partial charge is 0.462 e. The van der Waals surface area contributed by atoms with E-state index in [9.17, 15) is 9.59 Å². The Labute approximate surface area is 93.5 Å². The molecule has 0 aliphatic rings. The first-order valence-corrected chi connectivity index (χ1v) is 3.98. The molecule has 15 heavy (non-hydrogen) atoms. The van der Waals surface area contributed by atoms with E-state index in [2.05, 4.69) is 15.0 Å². The summed E-state index contributed by atoms with van der Waals surface area (Å²) in [6.07, 6.45) is -1.83. The first kappa shape index (κ1) is 16.2. The summed E-state index contributed by atoms with van der Waals surface area (Å²) in [5.41, 5.74) is 0. The van der Waals surface area contributed by atoms with E-state index >= 15 is 0 Å². The van der Waals surface area contributed by atoms with Crippen LogP contribution in [0.2, 0.25) is 0 Å². The van der Waals surface area contributed by atoms with Crippen molar-refractivity contribution in [3.05, 3.63) is 0 Å². The molecule has 0 aromatic heterocycles. The fourth-order valence-corrected chi connectivity index (χ4v) is 0.653. The zero-order valence-corrected chi connectivity index (χ0v) is 9.36. The van der Waals surface area contributed by atoms with Crippen molar-refractivity contribution in [1.82, 2.24) is 4.90 Å². The summed E-state index contributed by atoms with van der Waals surface area (Å²) in [4.78, 5) is 22.4. The number of carbonyl (C=O) groups excluding carboxylic acids is 1. The van der Waals surface area contributed by atoms with Gasteiger partial charge in [-0.25, -0.2) is 9.59 Å². The van der Waals surface area contributed by atoms with Crippen LogP contribution in [0.15, 0.2) is 10.2 Å². The smallest absolute Gasteiger partial charge is 0.452 e. The average Bonchev–Trinajstić information content (AvgIpc) is 2.08. The van der Waals surface area contributed by atoms with Crippen molar-refractivity contribution in [1.29, 1.82) is 0 Å². The molecule has 0 saturated carbocycles. The van der Waals surface area contributed by atoms with Crippen LogP contribution in [0.3, 0.4) is 0 Å². The maximum atomic E-state index is 10.6. The van der Waals surface area contributed by atoms with Crippen molar-refractivity contribution >= 4 is 24.6 Å². The van der Waals surface area contributed by atoms with Crippen molar-refractivity contribution in [2.24, 2.45) is 10.2 Å². The normalized spacial score (nSPS) is 10.1. The van der Waals surface area contributed by atoms with Crippen molar-refractivity contribution in [3.8, 4) is 0 Å². The van der Waals surface area contributed by atoms with Crippen LogP contribution in [0.5, 0.6) is 0 Å². The number of rotatable bonds is 4. The number of amides is 2. The first-order valence-electron chi connectivity index (χ1n) is 3.98. The average molecular weight is 240 g/mol. The third kappa shape index (κ3) is 12.8. The fraction of sp³-hybridized carbons (Fsp3) is 0.714. The molecule has 0 aliphatic carbocycles. The van der Waals surface area contributed by atoms with Crippen molar-refractivity contribution in [3.63, 3.8) is 0 Å². The van der Waals surface area contributed by atoms with Gasteiger partial charge in [0.1, 0.15) is 0 Å². The van der Waals surface area contributed by atoms with E-state index in [0.29, 0.717) is 6.42 Å². The van der Waals surface area contributed by atoms with Gasteiger partial charge in [-0.1, -0.05) is 10.2 Å². The number of carboxylic acid groups (broad SMARTS) is 1. The Morgan fingerprint density at radius 1 is 1.33 bits per heavy atom. The Hall–Kier alpha value is -1.21. The lowest BCUT2D eigenvalue weighted by molar-refractivity contribution is 0.149. The van der Waals surface area contributed by atoms with Crippen molar-refractivity contribution in [2.75, 3.05) is 27.2 Å². The second-order valence-electron chi connectivity index (χ2n) is 2.75. The highest BCUT2D eigenvalue weighted by atomic mass is 35.5. The molecule has 0 aromatic rings. The van der Waals surface area contributed by atoms with Gasteiger partial charge in [-0.15, -0.1) is 12.4 Å². The number of hydrogen-bond donors (Lipinski definition) is 1. The second kappa shape index (κ2) is 9.35. The molecule has 0 radical (unpaired) electrons. The molecular weight excluding hydrogens is 226 g/mol. The van der Waals surface area contributed by atoms with Gasteiger partial charge in [0, 0.05) is 6.54 Å². The molecule has 0 saturated heterocycles. The van der Waals surface area contributed by atoms with E-state index in [1.807, 2.05) is 19.0 Å². The van der Waals surface area contributed by atoms with Crippen LogP contribution in [0, 0.1) is 0 Å². The fourth-order valence-electron chi connectivity index (χ4n) is 0.653. The quantitative estimate of drug-likeness (QED) is 0.595. The molecule has 0 unspecified atom stereocenters. The zero-order valence-electron chi connectivity index (χ0n) is 8.54. The minimum absolute atomic E-state index is 0. The lowest BCUT2D eigenvalue weighted by Crippen LogP contribution is -2.15. The molecule has 0 heterocycles. The van der Waals surface area contributed by atoms with Crippen LogP contribution < -0.4 is 0 Å². The molecule has 88 valence electrons. The Balaban J connectivity index is 0. The van der Waals surface area contributed by atoms with Gasteiger partial charge in [-0.05, 0) is 20.5 Å². The van der Waals surface area contributed by atoms with Crippen LogP contribution in [0.25, 0.3) is 0 Å². The number of hydrogen-bond acceptors (Lipinski definition) is 4. The van der Waals surface area contributed by atoms with Gasteiger partial charge < -0.3 is 14.7 Å². The Kier molecular flexibility index (Phi) is 10.1. The molecule has 2 amide bonds. The maximum absolute atomic E-state index is 10.6. The third-order valence-electron chi connectivity index (χ3n) is 1.19. The minimum atomic E-state index is -1.52. The van der Waals surface area contributed by atoms with Crippen LogP contribution in [-0.2, 0) is 4.74 Å². The minimum Gasteiger partial charge on any atom is -0.462 e.